The molecule has 156 valence electrons. The van der Waals surface area contributed by atoms with Crippen molar-refractivity contribution >= 4 is 39.2 Å². The van der Waals surface area contributed by atoms with Crippen molar-refractivity contribution in [2.45, 2.75) is 30.7 Å². The summed E-state index contributed by atoms with van der Waals surface area (Å²) in [6.07, 6.45) is 2.30. The summed E-state index contributed by atoms with van der Waals surface area (Å²) in [5.41, 5.74) is 0.550. The second kappa shape index (κ2) is 8.56. The standard InChI is InChI=1S/C19H22ClN3O5S/c1-3-28-19(25)17-11-13(12-22(17)2)29(26,27)23-10-6-9-16(23)18(24)21-15-8-5-4-7-14(15)20/h4-5,7-8,11-12,16H,3,6,9-10H2,1-2H3,(H,21,24). The number of carbonyl (C=O) groups excluding carboxylic acids is 2. The fourth-order valence-electron chi connectivity index (χ4n) is 3.29. The van der Waals surface area contributed by atoms with Gasteiger partial charge in [0.2, 0.25) is 15.9 Å². The van der Waals surface area contributed by atoms with Crippen LogP contribution in [0.15, 0.2) is 41.4 Å². The number of ether oxygens (including phenoxy) is 1. The van der Waals surface area contributed by atoms with Crippen molar-refractivity contribution in [1.29, 1.82) is 0 Å². The number of aryl methyl sites for hydroxylation is 1. The van der Waals surface area contributed by atoms with E-state index in [1.54, 1.807) is 38.2 Å². The number of amides is 1. The number of benzene rings is 1. The Hall–Kier alpha value is -2.36. The highest BCUT2D eigenvalue weighted by atomic mass is 35.5. The lowest BCUT2D eigenvalue weighted by Crippen LogP contribution is -2.43. The second-order valence-electron chi connectivity index (χ2n) is 6.64. The third kappa shape index (κ3) is 4.31. The van der Waals surface area contributed by atoms with Crippen molar-refractivity contribution < 1.29 is 22.7 Å². The van der Waals surface area contributed by atoms with Crippen molar-refractivity contribution in [2.75, 3.05) is 18.5 Å². The number of hydrogen-bond donors (Lipinski definition) is 1. The van der Waals surface area contributed by atoms with Crippen molar-refractivity contribution in [1.82, 2.24) is 8.87 Å². The maximum Gasteiger partial charge on any atom is 0.354 e. The lowest BCUT2D eigenvalue weighted by molar-refractivity contribution is -0.119. The van der Waals surface area contributed by atoms with E-state index >= 15 is 0 Å². The number of nitrogens with one attached hydrogen (secondary N) is 1. The lowest BCUT2D eigenvalue weighted by Gasteiger charge is -2.23. The molecule has 1 atom stereocenters. The first-order chi connectivity index (χ1) is 13.8. The third-order valence-electron chi connectivity index (χ3n) is 4.71. The number of aromatic nitrogens is 1. The molecule has 3 rings (SSSR count). The molecule has 1 aromatic carbocycles. The summed E-state index contributed by atoms with van der Waals surface area (Å²) in [5, 5.41) is 3.07. The number of anilines is 1. The molecule has 1 amide bonds. The van der Waals surface area contributed by atoms with E-state index in [0.29, 0.717) is 23.6 Å². The van der Waals surface area contributed by atoms with E-state index in [1.165, 1.54) is 21.1 Å². The van der Waals surface area contributed by atoms with E-state index in [-0.39, 0.29) is 23.7 Å². The van der Waals surface area contributed by atoms with Crippen molar-refractivity contribution in [2.24, 2.45) is 7.05 Å². The number of halogens is 1. The average Bonchev–Trinajstić information content (AvgIpc) is 3.31. The minimum atomic E-state index is -3.97. The molecule has 29 heavy (non-hydrogen) atoms. The average molecular weight is 440 g/mol. The Labute approximate surface area is 174 Å². The van der Waals surface area contributed by atoms with Gasteiger partial charge in [-0.05, 0) is 38.0 Å². The van der Waals surface area contributed by atoms with E-state index in [9.17, 15) is 18.0 Å². The Bertz CT molecular complexity index is 1030. The van der Waals surface area contributed by atoms with Crippen LogP contribution in [0.5, 0.6) is 0 Å². The van der Waals surface area contributed by atoms with Crippen molar-refractivity contribution in [3.05, 3.63) is 47.2 Å². The van der Waals surface area contributed by atoms with Gasteiger partial charge in [0.1, 0.15) is 16.6 Å². The first-order valence-corrected chi connectivity index (χ1v) is 11.0. The molecule has 0 saturated carbocycles. The number of carbonyl (C=O) groups is 2. The highest BCUT2D eigenvalue weighted by molar-refractivity contribution is 7.89. The SMILES string of the molecule is CCOC(=O)c1cc(S(=O)(=O)N2CCCC2C(=O)Nc2ccccc2Cl)cn1C. The predicted octanol–water partition coefficient (Wildman–Crippen LogP) is 2.65. The van der Waals surface area contributed by atoms with Gasteiger partial charge < -0.3 is 14.6 Å². The number of sulfonamides is 1. The van der Waals surface area contributed by atoms with Gasteiger partial charge in [-0.25, -0.2) is 13.2 Å². The molecule has 2 heterocycles. The van der Waals surface area contributed by atoms with Crippen LogP contribution in [0.3, 0.4) is 0 Å². The molecule has 2 aromatic rings. The van der Waals surface area contributed by atoms with Crippen LogP contribution in [0.2, 0.25) is 5.02 Å². The molecule has 10 heteroatoms. The molecule has 1 aliphatic heterocycles. The predicted molar refractivity (Wildman–Crippen MR) is 108 cm³/mol. The number of esters is 1. The zero-order chi connectivity index (χ0) is 21.2. The van der Waals surface area contributed by atoms with Gasteiger partial charge in [-0.15, -0.1) is 0 Å². The van der Waals surface area contributed by atoms with Gasteiger partial charge in [-0.1, -0.05) is 23.7 Å². The third-order valence-corrected chi connectivity index (χ3v) is 6.91. The molecule has 0 spiro atoms. The first kappa shape index (κ1) is 21.4. The molecular formula is C19H22ClN3O5S. The molecule has 0 bridgehead atoms. The topological polar surface area (TPSA) is 97.7 Å². The van der Waals surface area contributed by atoms with Crippen molar-refractivity contribution in [3.8, 4) is 0 Å². The lowest BCUT2D eigenvalue weighted by atomic mass is 10.2. The van der Waals surface area contributed by atoms with Crippen LogP contribution in [-0.4, -0.2) is 48.4 Å². The Morgan fingerprint density at radius 1 is 1.31 bits per heavy atom. The van der Waals surface area contributed by atoms with E-state index in [1.807, 2.05) is 0 Å². The zero-order valence-corrected chi connectivity index (χ0v) is 17.7. The van der Waals surface area contributed by atoms with Gasteiger partial charge in [0, 0.05) is 19.8 Å². The van der Waals surface area contributed by atoms with Crippen molar-refractivity contribution in [3.63, 3.8) is 0 Å². The normalized spacial score (nSPS) is 17.3. The van der Waals surface area contributed by atoms with Crippen LogP contribution >= 0.6 is 11.6 Å². The van der Waals surface area contributed by atoms with E-state index < -0.39 is 27.9 Å². The van der Waals surface area contributed by atoms with Crippen LogP contribution in [0.4, 0.5) is 5.69 Å². The summed E-state index contributed by atoms with van der Waals surface area (Å²) in [7, 11) is -2.41. The molecule has 1 unspecified atom stereocenters. The van der Waals surface area contributed by atoms with Crippen LogP contribution in [-0.2, 0) is 26.6 Å². The monoisotopic (exact) mass is 439 g/mol. The second-order valence-corrected chi connectivity index (χ2v) is 8.93. The molecule has 0 radical (unpaired) electrons. The van der Waals surface area contributed by atoms with E-state index in [4.69, 9.17) is 16.3 Å². The van der Waals surface area contributed by atoms with Gasteiger partial charge in [0.15, 0.2) is 0 Å². The quantitative estimate of drug-likeness (QED) is 0.698. The number of nitrogens with zero attached hydrogens (tertiary/aromatic N) is 2. The maximum absolute atomic E-state index is 13.2. The summed E-state index contributed by atoms with van der Waals surface area (Å²) < 4.78 is 33.9. The van der Waals surface area contributed by atoms with Crippen LogP contribution < -0.4 is 5.32 Å². The largest absolute Gasteiger partial charge is 0.461 e. The maximum atomic E-state index is 13.2. The van der Waals surface area contributed by atoms with E-state index in [2.05, 4.69) is 5.32 Å². The van der Waals surface area contributed by atoms with Crippen LogP contribution in [0.1, 0.15) is 30.3 Å². The molecule has 1 aromatic heterocycles. The zero-order valence-electron chi connectivity index (χ0n) is 16.1. The van der Waals surface area contributed by atoms with E-state index in [0.717, 1.165) is 0 Å². The minimum Gasteiger partial charge on any atom is -0.461 e. The Morgan fingerprint density at radius 2 is 2.03 bits per heavy atom. The first-order valence-electron chi connectivity index (χ1n) is 9.16. The highest BCUT2D eigenvalue weighted by Gasteiger charge is 2.40. The summed E-state index contributed by atoms with van der Waals surface area (Å²) >= 11 is 6.08. The molecule has 1 saturated heterocycles. The summed E-state index contributed by atoms with van der Waals surface area (Å²) in [4.78, 5) is 24.7. The van der Waals surface area contributed by atoms with Gasteiger partial charge in [0.05, 0.1) is 17.3 Å². The fraction of sp³-hybridized carbons (Fsp3) is 0.368. The fourth-order valence-corrected chi connectivity index (χ4v) is 5.20. The Morgan fingerprint density at radius 3 is 2.72 bits per heavy atom. The Balaban J connectivity index is 1.84. The highest BCUT2D eigenvalue weighted by Crippen LogP contribution is 2.29. The smallest absolute Gasteiger partial charge is 0.354 e. The molecule has 1 N–H and O–H groups in total. The molecule has 8 nitrogen and oxygen atoms in total. The number of rotatable bonds is 6. The summed E-state index contributed by atoms with van der Waals surface area (Å²) in [6.45, 7) is 2.07. The molecular weight excluding hydrogens is 418 g/mol. The van der Waals surface area contributed by atoms with Gasteiger partial charge >= 0.3 is 5.97 Å². The molecule has 1 aliphatic rings. The minimum absolute atomic E-state index is 0.0551. The van der Waals surface area contributed by atoms with Gasteiger partial charge in [0.25, 0.3) is 0 Å². The number of para-hydroxylation sites is 1. The molecule has 0 aliphatic carbocycles. The van der Waals surface area contributed by atoms with Crippen LogP contribution in [0, 0.1) is 0 Å². The Kier molecular flexibility index (Phi) is 6.30. The van der Waals surface area contributed by atoms with Gasteiger partial charge in [-0.2, -0.15) is 4.31 Å². The van der Waals surface area contributed by atoms with Gasteiger partial charge in [-0.3, -0.25) is 4.79 Å². The molecule has 1 fully saturated rings. The van der Waals surface area contributed by atoms with Crippen LogP contribution in [0.25, 0.3) is 0 Å². The summed E-state index contributed by atoms with van der Waals surface area (Å²) in [5.74, 6) is -1.05. The number of hydrogen-bond acceptors (Lipinski definition) is 5. The summed E-state index contributed by atoms with van der Waals surface area (Å²) in [6, 6.07) is 7.17.